The van der Waals surface area contributed by atoms with Crippen molar-refractivity contribution in [3.8, 4) is 17.1 Å². The van der Waals surface area contributed by atoms with Crippen molar-refractivity contribution in [2.75, 3.05) is 12.4 Å². The minimum Gasteiger partial charge on any atom is -0.493 e. The molecule has 0 saturated carbocycles. The number of hydrogen-bond donors (Lipinski definition) is 0. The summed E-state index contributed by atoms with van der Waals surface area (Å²) >= 11 is 7.48. The SMILES string of the molecule is CCn1c(SCCOc2ccc(Cl)cc2)nnc1-c1cccnc1. The van der Waals surface area contributed by atoms with Gasteiger partial charge in [0.2, 0.25) is 0 Å². The molecule has 0 aliphatic carbocycles. The predicted molar refractivity (Wildman–Crippen MR) is 96.6 cm³/mol. The lowest BCUT2D eigenvalue weighted by molar-refractivity contribution is 0.344. The zero-order valence-corrected chi connectivity index (χ0v) is 14.8. The zero-order chi connectivity index (χ0) is 16.8. The van der Waals surface area contributed by atoms with Gasteiger partial charge in [0.1, 0.15) is 5.75 Å². The number of benzene rings is 1. The van der Waals surface area contributed by atoms with E-state index in [1.807, 2.05) is 36.4 Å². The molecule has 0 saturated heterocycles. The van der Waals surface area contributed by atoms with Gasteiger partial charge in [-0.2, -0.15) is 0 Å². The van der Waals surface area contributed by atoms with Crippen LogP contribution in [0.4, 0.5) is 0 Å². The number of ether oxygens (including phenoxy) is 1. The highest BCUT2D eigenvalue weighted by Gasteiger charge is 2.12. The molecule has 0 fully saturated rings. The smallest absolute Gasteiger partial charge is 0.191 e. The molecule has 0 spiro atoms. The van der Waals surface area contributed by atoms with Crippen molar-refractivity contribution >= 4 is 23.4 Å². The van der Waals surface area contributed by atoms with Crippen LogP contribution in [-0.2, 0) is 6.54 Å². The van der Waals surface area contributed by atoms with Crippen LogP contribution in [-0.4, -0.2) is 32.1 Å². The number of nitrogens with zero attached hydrogens (tertiary/aromatic N) is 4. The van der Waals surface area contributed by atoms with E-state index in [0.29, 0.717) is 11.6 Å². The summed E-state index contributed by atoms with van der Waals surface area (Å²) in [6, 6.07) is 11.2. The molecule has 2 aromatic heterocycles. The van der Waals surface area contributed by atoms with E-state index in [1.54, 1.807) is 24.2 Å². The van der Waals surface area contributed by atoms with Crippen LogP contribution in [0.3, 0.4) is 0 Å². The molecule has 3 aromatic rings. The van der Waals surface area contributed by atoms with E-state index in [9.17, 15) is 0 Å². The van der Waals surface area contributed by atoms with E-state index < -0.39 is 0 Å². The van der Waals surface area contributed by atoms with Crippen LogP contribution in [0, 0.1) is 0 Å². The Morgan fingerprint density at radius 3 is 2.71 bits per heavy atom. The van der Waals surface area contributed by atoms with Gasteiger partial charge >= 0.3 is 0 Å². The first-order valence-corrected chi connectivity index (χ1v) is 8.99. The molecule has 3 rings (SSSR count). The molecule has 7 heteroatoms. The first-order chi connectivity index (χ1) is 11.8. The molecule has 0 bridgehead atoms. The van der Waals surface area contributed by atoms with Crippen molar-refractivity contribution in [3.05, 3.63) is 53.8 Å². The van der Waals surface area contributed by atoms with Crippen LogP contribution in [0.5, 0.6) is 5.75 Å². The second-order valence-electron chi connectivity index (χ2n) is 4.94. The van der Waals surface area contributed by atoms with Gasteiger partial charge in [0.05, 0.1) is 6.61 Å². The summed E-state index contributed by atoms with van der Waals surface area (Å²) in [6.45, 7) is 3.47. The fourth-order valence-corrected chi connectivity index (χ4v) is 3.16. The van der Waals surface area contributed by atoms with Crippen LogP contribution < -0.4 is 4.74 Å². The van der Waals surface area contributed by atoms with E-state index in [1.165, 1.54) is 0 Å². The second kappa shape index (κ2) is 8.17. The molecule has 124 valence electrons. The van der Waals surface area contributed by atoms with E-state index in [2.05, 4.69) is 26.7 Å². The van der Waals surface area contributed by atoms with Crippen molar-refractivity contribution in [1.82, 2.24) is 19.7 Å². The van der Waals surface area contributed by atoms with Crippen molar-refractivity contribution in [2.24, 2.45) is 0 Å². The summed E-state index contributed by atoms with van der Waals surface area (Å²) < 4.78 is 7.79. The van der Waals surface area contributed by atoms with E-state index in [4.69, 9.17) is 16.3 Å². The highest BCUT2D eigenvalue weighted by atomic mass is 35.5. The highest BCUT2D eigenvalue weighted by molar-refractivity contribution is 7.99. The quantitative estimate of drug-likeness (QED) is 0.467. The molecule has 1 aromatic carbocycles. The van der Waals surface area contributed by atoms with Gasteiger partial charge in [0, 0.05) is 35.3 Å². The molecule has 2 heterocycles. The molecule has 0 atom stereocenters. The third kappa shape index (κ3) is 4.07. The number of hydrogen-bond acceptors (Lipinski definition) is 5. The topological polar surface area (TPSA) is 52.8 Å². The molecule has 0 unspecified atom stereocenters. The molecule has 24 heavy (non-hydrogen) atoms. The standard InChI is InChI=1S/C17H17ClN4OS/c1-2-22-16(13-4-3-9-19-12-13)20-21-17(22)24-11-10-23-15-7-5-14(18)6-8-15/h3-9,12H,2,10-11H2,1H3. The van der Waals surface area contributed by atoms with Crippen LogP contribution in [0.25, 0.3) is 11.4 Å². The first-order valence-electron chi connectivity index (χ1n) is 7.62. The first kappa shape index (κ1) is 16.8. The summed E-state index contributed by atoms with van der Waals surface area (Å²) in [5.74, 6) is 2.44. The van der Waals surface area contributed by atoms with Crippen LogP contribution in [0.1, 0.15) is 6.92 Å². The Balaban J connectivity index is 1.59. The van der Waals surface area contributed by atoms with Crippen molar-refractivity contribution < 1.29 is 4.74 Å². The van der Waals surface area contributed by atoms with Crippen LogP contribution in [0.2, 0.25) is 5.02 Å². The van der Waals surface area contributed by atoms with Crippen molar-refractivity contribution in [1.29, 1.82) is 0 Å². The lowest BCUT2D eigenvalue weighted by Gasteiger charge is -2.08. The van der Waals surface area contributed by atoms with E-state index >= 15 is 0 Å². The molecule has 0 aliphatic rings. The molecular weight excluding hydrogens is 344 g/mol. The van der Waals surface area contributed by atoms with Gasteiger partial charge in [-0.25, -0.2) is 0 Å². The minimum atomic E-state index is 0.588. The number of halogens is 1. The molecule has 5 nitrogen and oxygen atoms in total. The Morgan fingerprint density at radius 1 is 1.17 bits per heavy atom. The number of thioether (sulfide) groups is 1. The Hall–Kier alpha value is -2.05. The van der Waals surface area contributed by atoms with Gasteiger partial charge in [-0.05, 0) is 43.3 Å². The predicted octanol–water partition coefficient (Wildman–Crippen LogP) is 4.18. The Morgan fingerprint density at radius 2 is 2.00 bits per heavy atom. The maximum absolute atomic E-state index is 5.86. The average molecular weight is 361 g/mol. The summed E-state index contributed by atoms with van der Waals surface area (Å²) in [5.41, 5.74) is 0.969. The van der Waals surface area contributed by atoms with Crippen LogP contribution in [0.15, 0.2) is 53.9 Å². The largest absolute Gasteiger partial charge is 0.493 e. The Labute approximate surface area is 150 Å². The van der Waals surface area contributed by atoms with E-state index in [0.717, 1.165) is 34.6 Å². The fraction of sp³-hybridized carbons (Fsp3) is 0.235. The van der Waals surface area contributed by atoms with Gasteiger partial charge in [-0.1, -0.05) is 23.4 Å². The number of pyridine rings is 1. The number of aromatic nitrogens is 4. The molecule has 0 N–H and O–H groups in total. The average Bonchev–Trinajstić information content (AvgIpc) is 3.04. The van der Waals surface area contributed by atoms with Crippen LogP contribution >= 0.6 is 23.4 Å². The monoisotopic (exact) mass is 360 g/mol. The summed E-state index contributed by atoms with van der Waals surface area (Å²) in [7, 11) is 0. The third-order valence-corrected chi connectivity index (χ3v) is 4.53. The molecular formula is C17H17ClN4OS. The van der Waals surface area contributed by atoms with Gasteiger partial charge in [-0.15, -0.1) is 10.2 Å². The summed E-state index contributed by atoms with van der Waals surface area (Å²) in [4.78, 5) is 4.14. The molecule has 0 radical (unpaired) electrons. The minimum absolute atomic E-state index is 0.588. The fourth-order valence-electron chi connectivity index (χ4n) is 2.21. The lowest BCUT2D eigenvalue weighted by Crippen LogP contribution is -2.03. The third-order valence-electron chi connectivity index (χ3n) is 3.35. The maximum atomic E-state index is 5.86. The zero-order valence-electron chi connectivity index (χ0n) is 13.2. The summed E-state index contributed by atoms with van der Waals surface area (Å²) in [5, 5.41) is 10.2. The highest BCUT2D eigenvalue weighted by Crippen LogP contribution is 2.23. The normalized spacial score (nSPS) is 10.8. The maximum Gasteiger partial charge on any atom is 0.191 e. The van der Waals surface area contributed by atoms with Gasteiger partial charge < -0.3 is 9.30 Å². The number of rotatable bonds is 7. The van der Waals surface area contributed by atoms with E-state index in [-0.39, 0.29) is 0 Å². The van der Waals surface area contributed by atoms with Gasteiger partial charge in [0.25, 0.3) is 0 Å². The Bertz CT molecular complexity index is 777. The molecule has 0 amide bonds. The van der Waals surface area contributed by atoms with Gasteiger partial charge in [0.15, 0.2) is 11.0 Å². The summed E-state index contributed by atoms with van der Waals surface area (Å²) in [6.07, 6.45) is 3.55. The van der Waals surface area contributed by atoms with Crippen molar-refractivity contribution in [3.63, 3.8) is 0 Å². The molecule has 0 aliphatic heterocycles. The van der Waals surface area contributed by atoms with Gasteiger partial charge in [-0.3, -0.25) is 4.98 Å². The lowest BCUT2D eigenvalue weighted by atomic mass is 10.3. The van der Waals surface area contributed by atoms with Crippen molar-refractivity contribution in [2.45, 2.75) is 18.6 Å². The Kier molecular flexibility index (Phi) is 5.72. The second-order valence-corrected chi connectivity index (χ2v) is 6.44.